The molecule has 1 aromatic carbocycles. The lowest BCUT2D eigenvalue weighted by Gasteiger charge is -2.46. The van der Waals surface area contributed by atoms with Crippen LogP contribution in [0.15, 0.2) is 24.3 Å². The number of piperidine rings is 1. The Kier molecular flexibility index (Phi) is 7.49. The molecule has 2 aliphatic heterocycles. The third kappa shape index (κ3) is 6.03. The van der Waals surface area contributed by atoms with Crippen LogP contribution in [0.25, 0.3) is 0 Å². The number of H-pyrrole nitrogens is 1. The maximum atomic E-state index is 12.8. The van der Waals surface area contributed by atoms with E-state index in [-0.39, 0.29) is 11.9 Å². The van der Waals surface area contributed by atoms with Crippen LogP contribution in [-0.2, 0) is 16.0 Å². The number of aryl methyl sites for hydroxylation is 1. The molecule has 9 nitrogen and oxygen atoms in total. The number of aromatic amines is 1. The van der Waals surface area contributed by atoms with Crippen LogP contribution in [0.1, 0.15) is 37.8 Å². The van der Waals surface area contributed by atoms with Crippen LogP contribution in [0, 0.1) is 12.8 Å². The topological polar surface area (TPSA) is 112 Å². The summed E-state index contributed by atoms with van der Waals surface area (Å²) in [4.78, 5) is 21.7. The fourth-order valence-corrected chi connectivity index (χ4v) is 4.72. The Morgan fingerprint density at radius 2 is 2.00 bits per heavy atom. The highest BCUT2D eigenvalue weighted by molar-refractivity contribution is 5.81. The number of anilines is 2. The third-order valence-electron chi connectivity index (χ3n) is 6.61. The molecule has 0 unspecified atom stereocenters. The number of morpholine rings is 1. The summed E-state index contributed by atoms with van der Waals surface area (Å²) in [6.45, 7) is 9.88. The second-order valence-electron chi connectivity index (χ2n) is 9.74. The zero-order valence-electron chi connectivity index (χ0n) is 20.0. The van der Waals surface area contributed by atoms with Crippen LogP contribution in [0.2, 0.25) is 0 Å². The van der Waals surface area contributed by atoms with E-state index in [2.05, 4.69) is 75.3 Å². The predicted molar refractivity (Wildman–Crippen MR) is 129 cm³/mol. The highest BCUT2D eigenvalue weighted by atomic mass is 16.5. The van der Waals surface area contributed by atoms with Gasteiger partial charge in [-0.3, -0.25) is 9.69 Å². The molecule has 0 saturated carbocycles. The number of benzene rings is 1. The molecule has 0 spiro atoms. The van der Waals surface area contributed by atoms with E-state index in [0.717, 1.165) is 32.4 Å². The van der Waals surface area contributed by atoms with Crippen molar-refractivity contribution in [3.05, 3.63) is 35.4 Å². The quantitative estimate of drug-likeness (QED) is 0.583. The minimum atomic E-state index is -0.427. The van der Waals surface area contributed by atoms with E-state index in [0.29, 0.717) is 43.6 Å². The van der Waals surface area contributed by atoms with E-state index in [4.69, 9.17) is 10.5 Å². The first kappa shape index (κ1) is 23.5. The van der Waals surface area contributed by atoms with Gasteiger partial charge >= 0.3 is 0 Å². The molecular formula is C24H37N7O2. The van der Waals surface area contributed by atoms with Gasteiger partial charge in [0.15, 0.2) is 0 Å². The van der Waals surface area contributed by atoms with Crippen molar-refractivity contribution >= 4 is 17.8 Å². The third-order valence-corrected chi connectivity index (χ3v) is 6.61. The van der Waals surface area contributed by atoms with Gasteiger partial charge in [0.1, 0.15) is 6.10 Å². The lowest BCUT2D eigenvalue weighted by molar-refractivity contribution is -0.145. The first-order chi connectivity index (χ1) is 15.9. The van der Waals surface area contributed by atoms with Crippen LogP contribution in [-0.4, -0.2) is 77.0 Å². The van der Waals surface area contributed by atoms with Crippen molar-refractivity contribution in [1.29, 1.82) is 0 Å². The van der Waals surface area contributed by atoms with Crippen LogP contribution in [0.4, 0.5) is 11.9 Å². The van der Waals surface area contributed by atoms with Crippen LogP contribution >= 0.6 is 0 Å². The molecule has 4 N–H and O–H groups in total. The molecule has 1 aromatic heterocycles. The Hall–Kier alpha value is -2.65. The van der Waals surface area contributed by atoms with Gasteiger partial charge in [0, 0.05) is 38.3 Å². The van der Waals surface area contributed by atoms with Crippen LogP contribution in [0.5, 0.6) is 0 Å². The molecule has 1 amide bonds. The van der Waals surface area contributed by atoms with Gasteiger partial charge < -0.3 is 20.7 Å². The van der Waals surface area contributed by atoms with E-state index in [1.807, 2.05) is 0 Å². The molecule has 3 heterocycles. The fourth-order valence-electron chi connectivity index (χ4n) is 4.72. The number of aromatic nitrogens is 3. The summed E-state index contributed by atoms with van der Waals surface area (Å²) in [5.74, 6) is 1.41. The number of nitrogens with zero attached hydrogens (tertiary/aromatic N) is 4. The SMILES string of the molecule is Cc1ccc(C[C@H]2CO[C@@H](C(=O)NCC(C)C)CN2C2CCN(c3n[nH]c(N)n3)CC2)cc1. The number of nitrogens with one attached hydrogen (secondary N) is 2. The minimum absolute atomic E-state index is 0.00359. The first-order valence-electron chi connectivity index (χ1n) is 12.0. The molecule has 33 heavy (non-hydrogen) atoms. The van der Waals surface area contributed by atoms with Crippen molar-refractivity contribution in [3.63, 3.8) is 0 Å². The summed E-state index contributed by atoms with van der Waals surface area (Å²) in [6, 6.07) is 9.35. The van der Waals surface area contributed by atoms with Crippen LogP contribution < -0.4 is 16.0 Å². The summed E-state index contributed by atoms with van der Waals surface area (Å²) in [5.41, 5.74) is 8.26. The van der Waals surface area contributed by atoms with Gasteiger partial charge in [-0.25, -0.2) is 5.10 Å². The van der Waals surface area contributed by atoms with Crippen LogP contribution in [0.3, 0.4) is 0 Å². The van der Waals surface area contributed by atoms with Crippen molar-refractivity contribution in [2.75, 3.05) is 43.4 Å². The molecule has 0 aliphatic carbocycles. The van der Waals surface area contributed by atoms with Gasteiger partial charge in [0.05, 0.1) is 6.61 Å². The maximum Gasteiger partial charge on any atom is 0.250 e. The van der Waals surface area contributed by atoms with Crippen molar-refractivity contribution in [2.24, 2.45) is 5.92 Å². The standard InChI is InChI=1S/C24H37N7O2/c1-16(2)13-26-22(32)21-14-31(20(15-33-21)12-18-6-4-17(3)5-7-18)19-8-10-30(11-9-19)24-27-23(25)28-29-24/h4-7,16,19-21H,8-15H2,1-3H3,(H,26,32)(H3,25,27,28,29)/t20-,21+/m0/s1. The van der Waals surface area contributed by atoms with E-state index < -0.39 is 6.10 Å². The summed E-state index contributed by atoms with van der Waals surface area (Å²) < 4.78 is 6.09. The molecule has 4 rings (SSSR count). The number of hydrogen-bond donors (Lipinski definition) is 3. The van der Waals surface area contributed by atoms with Gasteiger partial charge in [-0.1, -0.05) is 43.7 Å². The van der Waals surface area contributed by atoms with Crippen molar-refractivity contribution < 1.29 is 9.53 Å². The number of nitrogen functional groups attached to an aromatic ring is 1. The fraction of sp³-hybridized carbons (Fsp3) is 0.625. The number of nitrogens with two attached hydrogens (primary N) is 1. The van der Waals surface area contributed by atoms with E-state index in [9.17, 15) is 4.79 Å². The monoisotopic (exact) mass is 455 g/mol. The highest BCUT2D eigenvalue weighted by Crippen LogP contribution is 2.26. The number of hydrogen-bond acceptors (Lipinski definition) is 7. The van der Waals surface area contributed by atoms with Gasteiger partial charge in [-0.05, 0) is 37.7 Å². The molecule has 0 radical (unpaired) electrons. The summed E-state index contributed by atoms with van der Waals surface area (Å²) in [5, 5.41) is 9.97. The Morgan fingerprint density at radius 1 is 1.27 bits per heavy atom. The minimum Gasteiger partial charge on any atom is -0.368 e. The van der Waals surface area contributed by atoms with E-state index >= 15 is 0 Å². The van der Waals surface area contributed by atoms with E-state index in [1.54, 1.807) is 0 Å². The molecule has 2 saturated heterocycles. The first-order valence-corrected chi connectivity index (χ1v) is 12.0. The van der Waals surface area contributed by atoms with Crippen molar-refractivity contribution in [1.82, 2.24) is 25.4 Å². The zero-order chi connectivity index (χ0) is 23.4. The molecule has 9 heteroatoms. The van der Waals surface area contributed by atoms with Gasteiger partial charge in [-0.2, -0.15) is 4.98 Å². The Balaban J connectivity index is 1.44. The number of rotatable bonds is 7. The molecule has 2 atom stereocenters. The van der Waals surface area contributed by atoms with Crippen molar-refractivity contribution in [3.8, 4) is 0 Å². The smallest absolute Gasteiger partial charge is 0.250 e. The highest BCUT2D eigenvalue weighted by Gasteiger charge is 2.38. The number of amides is 1. The maximum absolute atomic E-state index is 12.8. The number of carbonyl (C=O) groups is 1. The Labute approximate surface area is 196 Å². The average molecular weight is 456 g/mol. The number of carbonyl (C=O) groups excluding carboxylic acids is 1. The normalized spacial score (nSPS) is 22.6. The summed E-state index contributed by atoms with van der Waals surface area (Å²) >= 11 is 0. The predicted octanol–water partition coefficient (Wildman–Crippen LogP) is 1.75. The molecular weight excluding hydrogens is 418 g/mol. The van der Waals surface area contributed by atoms with Gasteiger partial charge in [0.2, 0.25) is 17.8 Å². The second-order valence-corrected chi connectivity index (χ2v) is 9.74. The summed E-state index contributed by atoms with van der Waals surface area (Å²) in [7, 11) is 0. The van der Waals surface area contributed by atoms with Gasteiger partial charge in [-0.15, -0.1) is 5.10 Å². The lowest BCUT2D eigenvalue weighted by Crippen LogP contribution is -2.60. The molecule has 2 aromatic rings. The second kappa shape index (κ2) is 10.5. The van der Waals surface area contributed by atoms with Gasteiger partial charge in [0.25, 0.3) is 0 Å². The summed E-state index contributed by atoms with van der Waals surface area (Å²) in [6.07, 6.45) is 2.46. The lowest BCUT2D eigenvalue weighted by atomic mass is 9.96. The Morgan fingerprint density at radius 3 is 2.64 bits per heavy atom. The average Bonchev–Trinajstić information content (AvgIpc) is 3.25. The Bertz CT molecular complexity index is 906. The molecule has 0 bridgehead atoms. The molecule has 180 valence electrons. The molecule has 2 aliphatic rings. The van der Waals surface area contributed by atoms with Crippen molar-refractivity contribution in [2.45, 2.75) is 58.2 Å². The molecule has 2 fully saturated rings. The largest absolute Gasteiger partial charge is 0.368 e. The number of ether oxygens (including phenoxy) is 1. The zero-order valence-corrected chi connectivity index (χ0v) is 20.0. The van der Waals surface area contributed by atoms with E-state index in [1.165, 1.54) is 11.1 Å².